The summed E-state index contributed by atoms with van der Waals surface area (Å²) in [5.41, 5.74) is 3.70. The second-order valence-corrected chi connectivity index (χ2v) is 4.15. The molecule has 0 saturated carbocycles. The van der Waals surface area contributed by atoms with Crippen LogP contribution in [0.25, 0.3) is 22.0 Å². The Bertz CT molecular complexity index is 800. The molecule has 3 nitrogen and oxygen atoms in total. The highest BCUT2D eigenvalue weighted by Crippen LogP contribution is 2.26. The lowest BCUT2D eigenvalue weighted by Gasteiger charge is -2.06. The molecule has 19 heavy (non-hydrogen) atoms. The van der Waals surface area contributed by atoms with Crippen molar-refractivity contribution in [2.24, 2.45) is 0 Å². The Morgan fingerprint density at radius 1 is 1.05 bits per heavy atom. The Kier molecular flexibility index (Phi) is 2.70. The molecule has 0 unspecified atom stereocenters. The first-order valence-electron chi connectivity index (χ1n) is 5.79. The summed E-state index contributed by atoms with van der Waals surface area (Å²) in [6.07, 6.45) is 1.45. The van der Waals surface area contributed by atoms with E-state index in [4.69, 9.17) is 12.2 Å². The molecule has 3 heteroatoms. The normalized spacial score (nSPS) is 10.3. The molecule has 2 radical (unpaired) electrons. The predicted molar refractivity (Wildman–Crippen MR) is 73.1 cm³/mol. The molecule has 0 aliphatic heterocycles. The van der Waals surface area contributed by atoms with E-state index in [-0.39, 0.29) is 0 Å². The third kappa shape index (κ3) is 1.94. The lowest BCUT2D eigenvalue weighted by Crippen LogP contribution is -1.89. The molecular formula is C16H9N3. The van der Waals surface area contributed by atoms with Gasteiger partial charge in [0.1, 0.15) is 6.33 Å². The first-order chi connectivity index (χ1) is 9.29. The molecule has 0 aliphatic rings. The van der Waals surface area contributed by atoms with E-state index in [2.05, 4.69) is 16.0 Å². The maximum absolute atomic E-state index is 9.15. The molecule has 0 aliphatic carbocycles. The van der Waals surface area contributed by atoms with Crippen LogP contribution in [0.5, 0.6) is 0 Å². The third-order valence-corrected chi connectivity index (χ3v) is 3.02. The molecule has 0 amide bonds. The van der Waals surface area contributed by atoms with Crippen molar-refractivity contribution in [3.8, 4) is 17.2 Å². The standard InChI is InChI=1S/C16H9N3/c1-11-15-8-12(6-7-16(15)19-10-18-11)14-5-3-2-4-13(14)9-17/h1-8,10H. The van der Waals surface area contributed by atoms with Crippen molar-refractivity contribution in [1.29, 1.82) is 5.26 Å². The summed E-state index contributed by atoms with van der Waals surface area (Å²) >= 11 is 0. The summed E-state index contributed by atoms with van der Waals surface area (Å²) in [4.78, 5) is 8.15. The maximum atomic E-state index is 9.15. The van der Waals surface area contributed by atoms with Crippen LogP contribution in [0.3, 0.4) is 0 Å². The number of nitrogens with zero attached hydrogens (tertiary/aromatic N) is 3. The summed E-state index contributed by atoms with van der Waals surface area (Å²) in [6, 6.07) is 15.4. The quantitative estimate of drug-likeness (QED) is 0.659. The second kappa shape index (κ2) is 4.51. The molecular weight excluding hydrogens is 234 g/mol. The van der Waals surface area contributed by atoms with Crippen LogP contribution in [0, 0.1) is 18.3 Å². The number of nitriles is 1. The van der Waals surface area contributed by atoms with Gasteiger partial charge in [-0.2, -0.15) is 5.26 Å². The Hall–Kier alpha value is -2.73. The van der Waals surface area contributed by atoms with Gasteiger partial charge >= 0.3 is 0 Å². The summed E-state index contributed by atoms with van der Waals surface area (Å²) in [6.45, 7) is 5.86. The van der Waals surface area contributed by atoms with Crippen LogP contribution in [-0.4, -0.2) is 9.97 Å². The number of hydrogen-bond acceptors (Lipinski definition) is 3. The monoisotopic (exact) mass is 243 g/mol. The smallest absolute Gasteiger partial charge is 0.116 e. The topological polar surface area (TPSA) is 49.6 Å². The first kappa shape index (κ1) is 11.4. The van der Waals surface area contributed by atoms with Crippen molar-refractivity contribution in [2.75, 3.05) is 0 Å². The van der Waals surface area contributed by atoms with Gasteiger partial charge < -0.3 is 0 Å². The second-order valence-electron chi connectivity index (χ2n) is 4.15. The van der Waals surface area contributed by atoms with Crippen LogP contribution in [0.1, 0.15) is 11.3 Å². The van der Waals surface area contributed by atoms with Gasteiger partial charge in [0.25, 0.3) is 0 Å². The molecule has 88 valence electrons. The fraction of sp³-hybridized carbons (Fsp3) is 0. The van der Waals surface area contributed by atoms with Gasteiger partial charge in [0, 0.05) is 12.3 Å². The van der Waals surface area contributed by atoms with Crippen molar-refractivity contribution >= 4 is 10.9 Å². The Morgan fingerprint density at radius 2 is 1.89 bits per heavy atom. The van der Waals surface area contributed by atoms with Gasteiger partial charge in [0.15, 0.2) is 0 Å². The highest BCUT2D eigenvalue weighted by Gasteiger charge is 2.06. The van der Waals surface area contributed by atoms with E-state index in [9.17, 15) is 0 Å². The van der Waals surface area contributed by atoms with Gasteiger partial charge in [0.05, 0.1) is 22.8 Å². The predicted octanol–water partition coefficient (Wildman–Crippen LogP) is 3.23. The fourth-order valence-electron chi connectivity index (χ4n) is 2.08. The average molecular weight is 243 g/mol. The Morgan fingerprint density at radius 3 is 2.74 bits per heavy atom. The van der Waals surface area contributed by atoms with Gasteiger partial charge in [-0.1, -0.05) is 24.3 Å². The summed E-state index contributed by atoms with van der Waals surface area (Å²) in [7, 11) is 0. The molecule has 2 aromatic carbocycles. The van der Waals surface area contributed by atoms with Gasteiger partial charge in [-0.05, 0) is 29.3 Å². The number of benzene rings is 2. The van der Waals surface area contributed by atoms with E-state index in [1.165, 1.54) is 6.33 Å². The first-order valence-corrected chi connectivity index (χ1v) is 5.79. The molecule has 0 fully saturated rings. The van der Waals surface area contributed by atoms with E-state index >= 15 is 0 Å². The van der Waals surface area contributed by atoms with Crippen LogP contribution in [-0.2, 0) is 0 Å². The van der Waals surface area contributed by atoms with Gasteiger partial charge in [-0.15, -0.1) is 0 Å². The SMILES string of the molecule is [CH]c1ncnc2ccc(-c3ccccc3C#N)cc12. The summed E-state index contributed by atoms with van der Waals surface area (Å²) < 4.78 is 0. The van der Waals surface area contributed by atoms with E-state index < -0.39 is 0 Å². The fourth-order valence-corrected chi connectivity index (χ4v) is 2.08. The van der Waals surface area contributed by atoms with Crippen molar-refractivity contribution in [3.05, 3.63) is 67.0 Å². The average Bonchev–Trinajstić information content (AvgIpc) is 2.47. The van der Waals surface area contributed by atoms with Crippen LogP contribution in [0.15, 0.2) is 48.8 Å². The summed E-state index contributed by atoms with van der Waals surface area (Å²) in [5, 5.41) is 9.95. The van der Waals surface area contributed by atoms with Crippen molar-refractivity contribution < 1.29 is 0 Å². The number of hydrogen-bond donors (Lipinski definition) is 0. The molecule has 3 rings (SSSR count). The van der Waals surface area contributed by atoms with Crippen LogP contribution >= 0.6 is 0 Å². The molecule has 3 aromatic rings. The van der Waals surface area contributed by atoms with E-state index in [1.54, 1.807) is 6.07 Å². The zero-order chi connectivity index (χ0) is 13.2. The highest BCUT2D eigenvalue weighted by atomic mass is 14.8. The van der Waals surface area contributed by atoms with Crippen molar-refractivity contribution in [3.63, 3.8) is 0 Å². The lowest BCUT2D eigenvalue weighted by molar-refractivity contribution is 1.19. The Balaban J connectivity index is 2.27. The third-order valence-electron chi connectivity index (χ3n) is 3.02. The molecule has 1 aromatic heterocycles. The maximum Gasteiger partial charge on any atom is 0.116 e. The van der Waals surface area contributed by atoms with Gasteiger partial charge in [-0.25, -0.2) is 9.97 Å². The number of rotatable bonds is 1. The minimum absolute atomic E-state index is 0.446. The van der Waals surface area contributed by atoms with Crippen LogP contribution < -0.4 is 0 Å². The number of aromatic nitrogens is 2. The van der Waals surface area contributed by atoms with Crippen LogP contribution in [0.4, 0.5) is 0 Å². The largest absolute Gasteiger partial charge is 0.240 e. The van der Waals surface area contributed by atoms with Crippen molar-refractivity contribution in [2.45, 2.75) is 0 Å². The summed E-state index contributed by atoms with van der Waals surface area (Å²) in [5.74, 6) is 0. The minimum Gasteiger partial charge on any atom is -0.240 e. The Labute approximate surface area is 111 Å². The van der Waals surface area contributed by atoms with E-state index in [0.717, 1.165) is 22.0 Å². The molecule has 0 N–H and O–H groups in total. The van der Waals surface area contributed by atoms with Gasteiger partial charge in [-0.3, -0.25) is 0 Å². The number of fused-ring (bicyclic) bond motifs is 1. The molecule has 0 saturated heterocycles. The van der Waals surface area contributed by atoms with E-state index in [1.807, 2.05) is 36.4 Å². The lowest BCUT2D eigenvalue weighted by atomic mass is 9.98. The van der Waals surface area contributed by atoms with Crippen LogP contribution in [0.2, 0.25) is 0 Å². The minimum atomic E-state index is 0.446. The van der Waals surface area contributed by atoms with E-state index in [0.29, 0.717) is 11.3 Å². The molecule has 0 spiro atoms. The highest BCUT2D eigenvalue weighted by molar-refractivity contribution is 5.87. The molecule has 0 atom stereocenters. The zero-order valence-electron chi connectivity index (χ0n) is 10.0. The van der Waals surface area contributed by atoms with Crippen molar-refractivity contribution in [1.82, 2.24) is 9.97 Å². The molecule has 1 heterocycles. The zero-order valence-corrected chi connectivity index (χ0v) is 10.0. The van der Waals surface area contributed by atoms with Gasteiger partial charge in [0.2, 0.25) is 0 Å². The molecule has 0 bridgehead atoms.